The standard InChI is InChI=1S/C14H14NO4/c1-15-8-9-6-4-5-7-10(9)11(13(16)18-2)12(15)14(17)19-3/h4-8H,1-3H3/q+1. The second-order valence-electron chi connectivity index (χ2n) is 4.03. The van der Waals surface area contributed by atoms with Gasteiger partial charge in [-0.1, -0.05) is 18.2 Å². The molecule has 0 N–H and O–H groups in total. The van der Waals surface area contributed by atoms with E-state index in [0.717, 1.165) is 5.39 Å². The first-order chi connectivity index (χ1) is 9.10. The number of carbonyl (C=O) groups is 2. The van der Waals surface area contributed by atoms with Gasteiger partial charge in [0.15, 0.2) is 6.20 Å². The van der Waals surface area contributed by atoms with E-state index >= 15 is 0 Å². The Kier molecular flexibility index (Phi) is 3.46. The number of pyridine rings is 1. The van der Waals surface area contributed by atoms with Crippen molar-refractivity contribution in [2.24, 2.45) is 7.05 Å². The van der Waals surface area contributed by atoms with Crippen LogP contribution in [-0.2, 0) is 16.5 Å². The van der Waals surface area contributed by atoms with Crippen LogP contribution in [0.1, 0.15) is 20.8 Å². The number of aryl methyl sites for hydroxylation is 1. The van der Waals surface area contributed by atoms with Crippen molar-refractivity contribution in [2.75, 3.05) is 14.2 Å². The topological polar surface area (TPSA) is 56.5 Å². The lowest BCUT2D eigenvalue weighted by Gasteiger charge is -2.07. The number of nitrogens with zero attached hydrogens (tertiary/aromatic N) is 1. The first-order valence-corrected chi connectivity index (χ1v) is 5.68. The third-order valence-electron chi connectivity index (χ3n) is 2.92. The third kappa shape index (κ3) is 2.14. The highest BCUT2D eigenvalue weighted by Crippen LogP contribution is 2.20. The molecule has 5 heteroatoms. The molecule has 2 aromatic rings. The summed E-state index contributed by atoms with van der Waals surface area (Å²) in [5, 5.41) is 1.51. The van der Waals surface area contributed by atoms with Crippen molar-refractivity contribution < 1.29 is 23.6 Å². The molecule has 0 fully saturated rings. The van der Waals surface area contributed by atoms with Crippen molar-refractivity contribution in [1.29, 1.82) is 0 Å². The van der Waals surface area contributed by atoms with Crippen LogP contribution in [-0.4, -0.2) is 26.2 Å². The van der Waals surface area contributed by atoms with E-state index in [0.29, 0.717) is 5.39 Å². The SMILES string of the molecule is COC(=O)c1c(C(=O)OC)[n+](C)cc2ccccc12. The number of hydrogen-bond donors (Lipinski definition) is 0. The number of hydrogen-bond acceptors (Lipinski definition) is 4. The van der Waals surface area contributed by atoms with Crippen molar-refractivity contribution in [1.82, 2.24) is 0 Å². The highest BCUT2D eigenvalue weighted by atomic mass is 16.5. The van der Waals surface area contributed by atoms with E-state index in [-0.39, 0.29) is 11.3 Å². The fraction of sp³-hybridized carbons (Fsp3) is 0.214. The minimum Gasteiger partial charge on any atom is -0.465 e. The van der Waals surface area contributed by atoms with E-state index in [1.54, 1.807) is 29.9 Å². The summed E-state index contributed by atoms with van der Waals surface area (Å²) in [6, 6.07) is 7.30. The molecule has 5 nitrogen and oxygen atoms in total. The van der Waals surface area contributed by atoms with Gasteiger partial charge in [-0.3, -0.25) is 0 Å². The van der Waals surface area contributed by atoms with E-state index in [1.807, 2.05) is 12.1 Å². The Bertz CT molecular complexity index is 664. The average molecular weight is 260 g/mol. The van der Waals surface area contributed by atoms with Crippen LogP contribution in [0.3, 0.4) is 0 Å². The molecule has 0 amide bonds. The van der Waals surface area contributed by atoms with Crippen LogP contribution in [0.2, 0.25) is 0 Å². The number of esters is 2. The summed E-state index contributed by atoms with van der Waals surface area (Å²) in [5.74, 6) is -1.14. The highest BCUT2D eigenvalue weighted by Gasteiger charge is 2.30. The smallest absolute Gasteiger partial charge is 0.404 e. The molecule has 0 saturated carbocycles. The molecule has 0 radical (unpaired) electrons. The van der Waals surface area contributed by atoms with Gasteiger partial charge in [0.1, 0.15) is 12.6 Å². The lowest BCUT2D eigenvalue weighted by atomic mass is 10.0. The molecule has 0 unspecified atom stereocenters. The molecular weight excluding hydrogens is 246 g/mol. The molecule has 1 aromatic heterocycles. The molecule has 1 aromatic carbocycles. The minimum absolute atomic E-state index is 0.174. The Morgan fingerprint density at radius 1 is 1.05 bits per heavy atom. The molecule has 1 heterocycles. The fourth-order valence-electron chi connectivity index (χ4n) is 2.07. The number of rotatable bonds is 2. The molecular formula is C14H14NO4+. The number of fused-ring (bicyclic) bond motifs is 1. The monoisotopic (exact) mass is 260 g/mol. The van der Waals surface area contributed by atoms with E-state index < -0.39 is 11.9 Å². The Morgan fingerprint density at radius 2 is 1.68 bits per heavy atom. The summed E-state index contributed by atoms with van der Waals surface area (Å²) >= 11 is 0. The molecule has 0 saturated heterocycles. The van der Waals surface area contributed by atoms with Crippen LogP contribution in [0.4, 0.5) is 0 Å². The number of benzene rings is 1. The maximum absolute atomic E-state index is 12.0. The van der Waals surface area contributed by atoms with Crippen molar-refractivity contribution in [3.05, 3.63) is 41.7 Å². The molecule has 0 spiro atoms. The van der Waals surface area contributed by atoms with E-state index in [9.17, 15) is 9.59 Å². The van der Waals surface area contributed by atoms with Crippen LogP contribution in [0.5, 0.6) is 0 Å². The van der Waals surface area contributed by atoms with Gasteiger partial charge in [0, 0.05) is 10.8 Å². The second kappa shape index (κ2) is 5.06. The van der Waals surface area contributed by atoms with Gasteiger partial charge in [-0.2, -0.15) is 4.57 Å². The van der Waals surface area contributed by atoms with Gasteiger partial charge < -0.3 is 9.47 Å². The molecule has 19 heavy (non-hydrogen) atoms. The Hall–Kier alpha value is -2.43. The third-order valence-corrected chi connectivity index (χ3v) is 2.92. The van der Waals surface area contributed by atoms with Crippen molar-refractivity contribution >= 4 is 22.7 Å². The number of carbonyl (C=O) groups excluding carboxylic acids is 2. The molecule has 0 aliphatic heterocycles. The zero-order valence-electron chi connectivity index (χ0n) is 11.0. The first kappa shape index (κ1) is 13.0. The predicted molar refractivity (Wildman–Crippen MR) is 67.8 cm³/mol. The van der Waals surface area contributed by atoms with Gasteiger partial charge in [-0.05, 0) is 6.07 Å². The molecule has 2 rings (SSSR count). The maximum atomic E-state index is 12.0. The highest BCUT2D eigenvalue weighted by molar-refractivity contribution is 6.10. The summed E-state index contributed by atoms with van der Waals surface area (Å²) in [4.78, 5) is 23.8. The summed E-state index contributed by atoms with van der Waals surface area (Å²) in [6.45, 7) is 0. The molecule has 0 bridgehead atoms. The normalized spacial score (nSPS) is 10.3. The van der Waals surface area contributed by atoms with E-state index in [1.165, 1.54) is 14.2 Å². The predicted octanol–water partition coefficient (Wildman–Crippen LogP) is 1.24. The van der Waals surface area contributed by atoms with E-state index in [2.05, 4.69) is 0 Å². The number of ether oxygens (including phenoxy) is 2. The van der Waals surface area contributed by atoms with Crippen molar-refractivity contribution in [3.8, 4) is 0 Å². The zero-order valence-corrected chi connectivity index (χ0v) is 11.0. The molecule has 0 atom stereocenters. The average Bonchev–Trinajstić information content (AvgIpc) is 2.44. The fourth-order valence-corrected chi connectivity index (χ4v) is 2.07. The van der Waals surface area contributed by atoms with E-state index in [4.69, 9.17) is 9.47 Å². The zero-order chi connectivity index (χ0) is 14.0. The summed E-state index contributed by atoms with van der Waals surface area (Å²) in [5.41, 5.74) is 0.392. The molecule has 98 valence electrons. The van der Waals surface area contributed by atoms with Crippen molar-refractivity contribution in [2.45, 2.75) is 0 Å². The van der Waals surface area contributed by atoms with Gasteiger partial charge >= 0.3 is 17.6 Å². The second-order valence-corrected chi connectivity index (χ2v) is 4.03. The lowest BCUT2D eigenvalue weighted by Crippen LogP contribution is -2.39. The Morgan fingerprint density at radius 3 is 2.32 bits per heavy atom. The van der Waals surface area contributed by atoms with Crippen LogP contribution < -0.4 is 4.57 Å². The number of aromatic nitrogens is 1. The Labute approximate surface area is 110 Å². The Balaban J connectivity index is 2.89. The van der Waals surface area contributed by atoms with Crippen LogP contribution in [0.15, 0.2) is 30.5 Å². The lowest BCUT2D eigenvalue weighted by molar-refractivity contribution is -0.672. The van der Waals surface area contributed by atoms with Gasteiger partial charge in [0.2, 0.25) is 0 Å². The summed E-state index contributed by atoms with van der Waals surface area (Å²) < 4.78 is 11.1. The van der Waals surface area contributed by atoms with Gasteiger partial charge in [0.25, 0.3) is 0 Å². The van der Waals surface area contributed by atoms with Crippen LogP contribution in [0, 0.1) is 0 Å². The van der Waals surface area contributed by atoms with Gasteiger partial charge in [-0.25, -0.2) is 9.59 Å². The van der Waals surface area contributed by atoms with Crippen molar-refractivity contribution in [3.63, 3.8) is 0 Å². The number of methoxy groups -OCH3 is 2. The van der Waals surface area contributed by atoms with Crippen LogP contribution >= 0.6 is 0 Å². The molecule has 0 aliphatic rings. The summed E-state index contributed by atoms with van der Waals surface area (Å²) in [6.07, 6.45) is 1.77. The van der Waals surface area contributed by atoms with Gasteiger partial charge in [-0.15, -0.1) is 0 Å². The largest absolute Gasteiger partial charge is 0.465 e. The van der Waals surface area contributed by atoms with Gasteiger partial charge in [0.05, 0.1) is 14.2 Å². The first-order valence-electron chi connectivity index (χ1n) is 5.68. The van der Waals surface area contributed by atoms with Crippen LogP contribution in [0.25, 0.3) is 10.8 Å². The minimum atomic E-state index is -0.575. The maximum Gasteiger partial charge on any atom is 0.404 e. The summed E-state index contributed by atoms with van der Waals surface area (Å²) in [7, 11) is 4.24. The quantitative estimate of drug-likeness (QED) is 0.602. The molecule has 0 aliphatic carbocycles.